The molecule has 0 bridgehead atoms. The zero-order valence-corrected chi connectivity index (χ0v) is 10.7. The number of aliphatic hydroxyl groups excluding tert-OH is 1. The van der Waals surface area contributed by atoms with E-state index in [1.807, 2.05) is 0 Å². The second-order valence-electron chi connectivity index (χ2n) is 3.83. The number of benzene rings is 1. The summed E-state index contributed by atoms with van der Waals surface area (Å²) < 4.78 is 20.0. The van der Waals surface area contributed by atoms with Crippen molar-refractivity contribution < 1.29 is 14.2 Å². The van der Waals surface area contributed by atoms with Crippen LogP contribution in [-0.2, 0) is 13.7 Å². The van der Waals surface area contributed by atoms with Crippen LogP contribution < -0.4 is 4.74 Å². The Morgan fingerprint density at radius 3 is 2.83 bits per heavy atom. The first kappa shape index (κ1) is 12.9. The highest BCUT2D eigenvalue weighted by atomic mass is 35.5. The van der Waals surface area contributed by atoms with Gasteiger partial charge >= 0.3 is 0 Å². The lowest BCUT2D eigenvalue weighted by atomic mass is 10.2. The Morgan fingerprint density at radius 2 is 2.22 bits per heavy atom. The van der Waals surface area contributed by atoms with Gasteiger partial charge in [-0.25, -0.2) is 9.07 Å². The molecule has 0 amide bonds. The maximum Gasteiger partial charge on any atom is 0.223 e. The van der Waals surface area contributed by atoms with Crippen LogP contribution in [0.3, 0.4) is 0 Å². The summed E-state index contributed by atoms with van der Waals surface area (Å²) in [5.41, 5.74) is 1.26. The molecule has 0 unspecified atom stereocenters. The smallest absolute Gasteiger partial charge is 0.223 e. The highest BCUT2D eigenvalue weighted by molar-refractivity contribution is 6.32. The van der Waals surface area contributed by atoms with Crippen LogP contribution in [0, 0.1) is 12.7 Å². The number of nitrogens with zero attached hydrogens (tertiary/aromatic N) is 2. The lowest BCUT2D eigenvalue weighted by molar-refractivity contribution is 0.274. The van der Waals surface area contributed by atoms with Gasteiger partial charge < -0.3 is 9.84 Å². The molecule has 0 saturated heterocycles. The van der Waals surface area contributed by atoms with E-state index in [2.05, 4.69) is 5.10 Å². The monoisotopic (exact) mass is 270 g/mol. The van der Waals surface area contributed by atoms with Crippen molar-refractivity contribution in [1.29, 1.82) is 0 Å². The van der Waals surface area contributed by atoms with Crippen LogP contribution in [-0.4, -0.2) is 14.9 Å². The third-order valence-corrected chi connectivity index (χ3v) is 2.84. The van der Waals surface area contributed by atoms with Crippen LogP contribution in [0.5, 0.6) is 11.6 Å². The van der Waals surface area contributed by atoms with Gasteiger partial charge in [0.1, 0.15) is 11.6 Å². The predicted molar refractivity (Wildman–Crippen MR) is 65.4 cm³/mol. The molecular weight excluding hydrogens is 259 g/mol. The average molecular weight is 271 g/mol. The minimum atomic E-state index is -0.434. The molecule has 0 aliphatic carbocycles. The molecule has 96 valence electrons. The Kier molecular flexibility index (Phi) is 3.54. The lowest BCUT2D eigenvalue weighted by Gasteiger charge is -2.09. The summed E-state index contributed by atoms with van der Waals surface area (Å²) in [4.78, 5) is 0. The SMILES string of the molecule is Cc1nn(C)c(Oc2ccc(F)cc2Cl)c1CO. The summed E-state index contributed by atoms with van der Waals surface area (Å²) in [7, 11) is 1.69. The number of hydrogen-bond acceptors (Lipinski definition) is 3. The molecule has 1 aromatic heterocycles. The van der Waals surface area contributed by atoms with Gasteiger partial charge in [-0.3, -0.25) is 0 Å². The fourth-order valence-electron chi connectivity index (χ4n) is 1.65. The number of aryl methyl sites for hydroxylation is 2. The van der Waals surface area contributed by atoms with Gasteiger partial charge in [0, 0.05) is 7.05 Å². The average Bonchev–Trinajstić information content (AvgIpc) is 2.57. The molecule has 0 saturated carbocycles. The zero-order valence-electron chi connectivity index (χ0n) is 9.94. The van der Waals surface area contributed by atoms with Gasteiger partial charge in [0.05, 0.1) is 22.9 Å². The molecule has 0 radical (unpaired) electrons. The first-order valence-electron chi connectivity index (χ1n) is 5.29. The summed E-state index contributed by atoms with van der Waals surface area (Å²) in [5, 5.41) is 13.6. The van der Waals surface area contributed by atoms with E-state index >= 15 is 0 Å². The molecule has 1 N–H and O–H groups in total. The summed E-state index contributed by atoms with van der Waals surface area (Å²) in [5.74, 6) is 0.273. The first-order valence-corrected chi connectivity index (χ1v) is 5.67. The second-order valence-corrected chi connectivity index (χ2v) is 4.23. The van der Waals surface area contributed by atoms with Crippen molar-refractivity contribution in [3.05, 3.63) is 40.3 Å². The van der Waals surface area contributed by atoms with Gasteiger partial charge in [0.15, 0.2) is 0 Å². The van der Waals surface area contributed by atoms with Crippen LogP contribution in [0.2, 0.25) is 5.02 Å². The molecule has 0 atom stereocenters. The minimum absolute atomic E-state index is 0.165. The molecule has 1 aromatic carbocycles. The summed E-state index contributed by atoms with van der Waals surface area (Å²) in [6, 6.07) is 3.85. The molecule has 2 rings (SSSR count). The summed E-state index contributed by atoms with van der Waals surface area (Å²) in [6.45, 7) is 1.58. The van der Waals surface area contributed by atoms with E-state index in [9.17, 15) is 9.50 Å². The fourth-order valence-corrected chi connectivity index (χ4v) is 1.86. The van der Waals surface area contributed by atoms with Crippen LogP contribution in [0.4, 0.5) is 4.39 Å². The fraction of sp³-hybridized carbons (Fsp3) is 0.250. The Labute approximate surface area is 109 Å². The Morgan fingerprint density at radius 1 is 1.50 bits per heavy atom. The van der Waals surface area contributed by atoms with E-state index in [1.165, 1.54) is 22.9 Å². The summed E-state index contributed by atoms with van der Waals surface area (Å²) >= 11 is 5.88. The number of hydrogen-bond donors (Lipinski definition) is 1. The largest absolute Gasteiger partial charge is 0.437 e. The third-order valence-electron chi connectivity index (χ3n) is 2.55. The van der Waals surface area contributed by atoms with Crippen molar-refractivity contribution in [1.82, 2.24) is 9.78 Å². The molecule has 0 fully saturated rings. The van der Waals surface area contributed by atoms with E-state index in [0.717, 1.165) is 0 Å². The van der Waals surface area contributed by atoms with Gasteiger partial charge in [-0.15, -0.1) is 0 Å². The molecule has 4 nitrogen and oxygen atoms in total. The van der Waals surface area contributed by atoms with Crippen molar-refractivity contribution in [3.63, 3.8) is 0 Å². The molecule has 18 heavy (non-hydrogen) atoms. The Bertz CT molecular complexity index is 584. The van der Waals surface area contributed by atoms with Gasteiger partial charge in [0.2, 0.25) is 5.88 Å². The van der Waals surface area contributed by atoms with Crippen molar-refractivity contribution >= 4 is 11.6 Å². The predicted octanol–water partition coefficient (Wildman–Crippen LogP) is 2.81. The quantitative estimate of drug-likeness (QED) is 0.933. The lowest BCUT2D eigenvalue weighted by Crippen LogP contribution is -1.97. The van der Waals surface area contributed by atoms with Crippen molar-refractivity contribution in [2.24, 2.45) is 7.05 Å². The van der Waals surface area contributed by atoms with Crippen LogP contribution in [0.25, 0.3) is 0 Å². The third kappa shape index (κ3) is 2.32. The van der Waals surface area contributed by atoms with Gasteiger partial charge in [-0.2, -0.15) is 5.10 Å². The molecular formula is C12H12ClFN2O2. The van der Waals surface area contributed by atoms with Gasteiger partial charge in [-0.1, -0.05) is 11.6 Å². The van der Waals surface area contributed by atoms with Crippen molar-refractivity contribution in [3.8, 4) is 11.6 Å². The van der Waals surface area contributed by atoms with E-state index in [0.29, 0.717) is 22.9 Å². The normalized spacial score (nSPS) is 10.7. The second kappa shape index (κ2) is 4.96. The molecule has 6 heteroatoms. The molecule has 2 aromatic rings. The van der Waals surface area contributed by atoms with Gasteiger partial charge in [-0.05, 0) is 25.1 Å². The zero-order chi connectivity index (χ0) is 13.3. The first-order chi connectivity index (χ1) is 8.52. The topological polar surface area (TPSA) is 47.3 Å². The van der Waals surface area contributed by atoms with Crippen LogP contribution >= 0.6 is 11.6 Å². The maximum absolute atomic E-state index is 12.9. The van der Waals surface area contributed by atoms with Gasteiger partial charge in [0.25, 0.3) is 0 Å². The van der Waals surface area contributed by atoms with Crippen LogP contribution in [0.1, 0.15) is 11.3 Å². The number of halogens is 2. The van der Waals surface area contributed by atoms with E-state index < -0.39 is 5.82 Å². The summed E-state index contributed by atoms with van der Waals surface area (Å²) in [6.07, 6.45) is 0. The Hall–Kier alpha value is -1.59. The molecule has 0 aliphatic heterocycles. The number of aromatic nitrogens is 2. The molecule has 0 aliphatic rings. The molecule has 0 spiro atoms. The highest BCUT2D eigenvalue weighted by Gasteiger charge is 2.16. The molecule has 1 heterocycles. The Balaban J connectivity index is 2.39. The number of aliphatic hydroxyl groups is 1. The van der Waals surface area contributed by atoms with Crippen molar-refractivity contribution in [2.45, 2.75) is 13.5 Å². The minimum Gasteiger partial charge on any atom is -0.437 e. The standard InChI is InChI=1S/C12H12ClFN2O2/c1-7-9(6-17)12(16(2)15-7)18-11-4-3-8(14)5-10(11)13/h3-5,17H,6H2,1-2H3. The van der Waals surface area contributed by atoms with E-state index in [1.54, 1.807) is 14.0 Å². The van der Waals surface area contributed by atoms with E-state index in [-0.39, 0.29) is 11.6 Å². The highest BCUT2D eigenvalue weighted by Crippen LogP contribution is 2.32. The van der Waals surface area contributed by atoms with Crippen LogP contribution in [0.15, 0.2) is 18.2 Å². The maximum atomic E-state index is 12.9. The van der Waals surface area contributed by atoms with Crippen molar-refractivity contribution in [2.75, 3.05) is 0 Å². The number of ether oxygens (including phenoxy) is 1. The number of rotatable bonds is 3. The van der Waals surface area contributed by atoms with E-state index in [4.69, 9.17) is 16.3 Å².